The molecule has 1 aromatic heterocycles. The van der Waals surface area contributed by atoms with Crippen LogP contribution in [0.3, 0.4) is 0 Å². The molecule has 0 spiro atoms. The fourth-order valence-electron chi connectivity index (χ4n) is 4.06. The molecule has 0 atom stereocenters. The molecule has 0 aliphatic rings. The van der Waals surface area contributed by atoms with Crippen molar-refractivity contribution in [3.8, 4) is 29.0 Å². The Hall–Kier alpha value is -4.41. The van der Waals surface area contributed by atoms with Gasteiger partial charge in [0.1, 0.15) is 5.82 Å². The maximum Gasteiger partial charge on any atom is 0.123 e. The fourth-order valence-corrected chi connectivity index (χ4v) is 4.06. The molecule has 0 saturated carbocycles. The molecule has 4 aromatic carbocycles. The van der Waals surface area contributed by atoms with Crippen LogP contribution < -0.4 is 0 Å². The second-order valence-electron chi connectivity index (χ2n) is 7.02. The maximum absolute atomic E-state index is 14.1. The van der Waals surface area contributed by atoms with E-state index in [1.807, 2.05) is 48.5 Å². The van der Waals surface area contributed by atoms with Gasteiger partial charge in [-0.25, -0.2) is 4.39 Å². The number of para-hydroxylation sites is 1. The van der Waals surface area contributed by atoms with Gasteiger partial charge in [0.25, 0.3) is 0 Å². The van der Waals surface area contributed by atoms with Crippen LogP contribution in [0.4, 0.5) is 4.39 Å². The van der Waals surface area contributed by atoms with Gasteiger partial charge in [-0.2, -0.15) is 10.5 Å². The number of nitriles is 2. The molecule has 140 valence electrons. The molecule has 0 fully saturated rings. The molecule has 1 heterocycles. The summed E-state index contributed by atoms with van der Waals surface area (Å²) in [5, 5.41) is 20.8. The van der Waals surface area contributed by atoms with E-state index in [1.165, 1.54) is 12.1 Å². The van der Waals surface area contributed by atoms with Crippen LogP contribution in [0.1, 0.15) is 11.1 Å². The highest BCUT2D eigenvalue weighted by molar-refractivity contribution is 6.10. The fraction of sp³-hybridized carbons (Fsp3) is 0. The lowest BCUT2D eigenvalue weighted by Gasteiger charge is -2.09. The Balaban J connectivity index is 1.89. The van der Waals surface area contributed by atoms with Gasteiger partial charge >= 0.3 is 0 Å². The lowest BCUT2D eigenvalue weighted by atomic mass is 9.94. The number of hydrogen-bond acceptors (Lipinski definition) is 2. The summed E-state index contributed by atoms with van der Waals surface area (Å²) in [5.74, 6) is -0.310. The van der Waals surface area contributed by atoms with Crippen LogP contribution >= 0.6 is 0 Å². The molecule has 5 aromatic rings. The molecule has 0 amide bonds. The van der Waals surface area contributed by atoms with Crippen LogP contribution in [0.25, 0.3) is 38.6 Å². The molecule has 0 N–H and O–H groups in total. The van der Waals surface area contributed by atoms with Crippen molar-refractivity contribution in [3.63, 3.8) is 0 Å². The van der Waals surface area contributed by atoms with Gasteiger partial charge in [0, 0.05) is 22.0 Å². The third kappa shape index (κ3) is 2.64. The Morgan fingerprint density at radius 2 is 1.30 bits per heavy atom. The topological polar surface area (TPSA) is 52.5 Å². The Labute approximate surface area is 172 Å². The third-order valence-electron chi connectivity index (χ3n) is 5.34. The third-order valence-corrected chi connectivity index (χ3v) is 5.34. The first kappa shape index (κ1) is 17.7. The van der Waals surface area contributed by atoms with Crippen LogP contribution in [-0.2, 0) is 0 Å². The van der Waals surface area contributed by atoms with Gasteiger partial charge in [-0.1, -0.05) is 30.3 Å². The first-order chi connectivity index (χ1) is 14.7. The largest absolute Gasteiger partial charge is 0.309 e. The van der Waals surface area contributed by atoms with Crippen LogP contribution in [0, 0.1) is 28.5 Å². The highest BCUT2D eigenvalue weighted by Gasteiger charge is 2.16. The van der Waals surface area contributed by atoms with E-state index in [0.29, 0.717) is 16.7 Å². The van der Waals surface area contributed by atoms with Gasteiger partial charge in [-0.3, -0.25) is 0 Å². The minimum atomic E-state index is -0.310. The van der Waals surface area contributed by atoms with Crippen molar-refractivity contribution in [1.29, 1.82) is 10.5 Å². The van der Waals surface area contributed by atoms with E-state index in [2.05, 4.69) is 16.7 Å². The number of nitrogens with zero attached hydrogens (tertiary/aromatic N) is 3. The van der Waals surface area contributed by atoms with Crippen LogP contribution in [0.15, 0.2) is 84.9 Å². The molecule has 5 rings (SSSR count). The Morgan fingerprint density at radius 1 is 0.667 bits per heavy atom. The summed E-state index contributed by atoms with van der Waals surface area (Å²) < 4.78 is 16.2. The van der Waals surface area contributed by atoms with Crippen LogP contribution in [0.5, 0.6) is 0 Å². The number of fused-ring (bicyclic) bond motifs is 3. The first-order valence-corrected chi connectivity index (χ1v) is 9.44. The van der Waals surface area contributed by atoms with E-state index >= 15 is 0 Å². The molecular weight excluding hydrogens is 373 g/mol. The second-order valence-corrected chi connectivity index (χ2v) is 7.02. The average molecular weight is 387 g/mol. The Bertz CT molecular complexity index is 1480. The van der Waals surface area contributed by atoms with E-state index in [1.54, 1.807) is 24.3 Å². The highest BCUT2D eigenvalue weighted by atomic mass is 19.1. The van der Waals surface area contributed by atoms with Crippen LogP contribution in [0.2, 0.25) is 0 Å². The second kappa shape index (κ2) is 6.88. The van der Waals surface area contributed by atoms with E-state index in [4.69, 9.17) is 0 Å². The smallest absolute Gasteiger partial charge is 0.123 e. The zero-order valence-corrected chi connectivity index (χ0v) is 15.8. The molecule has 0 radical (unpaired) electrons. The van der Waals surface area contributed by atoms with Gasteiger partial charge in [0.2, 0.25) is 0 Å². The minimum Gasteiger partial charge on any atom is -0.309 e. The minimum absolute atomic E-state index is 0.310. The van der Waals surface area contributed by atoms with Gasteiger partial charge in [-0.15, -0.1) is 0 Å². The van der Waals surface area contributed by atoms with Gasteiger partial charge in [-0.05, 0) is 60.2 Å². The summed E-state index contributed by atoms with van der Waals surface area (Å²) in [6, 6.07) is 29.9. The van der Waals surface area contributed by atoms with E-state index in [0.717, 1.165) is 33.1 Å². The monoisotopic (exact) mass is 387 g/mol. The summed E-state index contributed by atoms with van der Waals surface area (Å²) in [7, 11) is 0. The van der Waals surface area contributed by atoms with Gasteiger partial charge < -0.3 is 4.57 Å². The number of rotatable bonds is 2. The molecular formula is C26H14FN3. The lowest BCUT2D eigenvalue weighted by molar-refractivity contribution is 0.629. The van der Waals surface area contributed by atoms with Crippen LogP contribution in [-0.4, -0.2) is 4.57 Å². The molecule has 4 heteroatoms. The van der Waals surface area contributed by atoms with Gasteiger partial charge in [0.15, 0.2) is 0 Å². The quantitative estimate of drug-likeness (QED) is 0.355. The molecule has 0 saturated heterocycles. The molecule has 0 unspecified atom stereocenters. The van der Waals surface area contributed by atoms with Crippen molar-refractivity contribution in [2.24, 2.45) is 0 Å². The standard InChI is InChI=1S/C26H14FN3/c27-20-10-12-25-23(14-20)22-13-17(26-18(15-28)5-4-6-19(26)16-29)9-11-24(22)30(25)21-7-2-1-3-8-21/h1-14H. The van der Waals surface area contributed by atoms with Crippen molar-refractivity contribution in [2.75, 3.05) is 0 Å². The summed E-state index contributed by atoms with van der Waals surface area (Å²) in [6.07, 6.45) is 0. The number of hydrogen-bond donors (Lipinski definition) is 0. The van der Waals surface area contributed by atoms with Crippen molar-refractivity contribution in [3.05, 3.63) is 102 Å². The predicted molar refractivity (Wildman–Crippen MR) is 116 cm³/mol. The SMILES string of the molecule is N#Cc1cccc(C#N)c1-c1ccc2c(c1)c1cc(F)ccc1n2-c1ccccc1. The molecule has 0 aliphatic heterocycles. The molecule has 30 heavy (non-hydrogen) atoms. The van der Waals surface area contributed by atoms with Crippen molar-refractivity contribution in [2.45, 2.75) is 0 Å². The van der Waals surface area contributed by atoms with Crippen molar-refractivity contribution < 1.29 is 4.39 Å². The average Bonchev–Trinajstić information content (AvgIpc) is 3.11. The van der Waals surface area contributed by atoms with E-state index in [-0.39, 0.29) is 5.82 Å². The highest BCUT2D eigenvalue weighted by Crippen LogP contribution is 2.36. The van der Waals surface area contributed by atoms with Crippen molar-refractivity contribution >= 4 is 21.8 Å². The Morgan fingerprint density at radius 3 is 1.97 bits per heavy atom. The molecule has 0 bridgehead atoms. The lowest BCUT2D eigenvalue weighted by Crippen LogP contribution is -1.93. The maximum atomic E-state index is 14.1. The van der Waals surface area contributed by atoms with E-state index < -0.39 is 0 Å². The zero-order valence-electron chi connectivity index (χ0n) is 15.8. The molecule has 3 nitrogen and oxygen atoms in total. The first-order valence-electron chi connectivity index (χ1n) is 9.44. The van der Waals surface area contributed by atoms with Crippen molar-refractivity contribution in [1.82, 2.24) is 4.57 Å². The number of aromatic nitrogens is 1. The normalized spacial score (nSPS) is 10.8. The summed E-state index contributed by atoms with van der Waals surface area (Å²) >= 11 is 0. The predicted octanol–water partition coefficient (Wildman–Crippen LogP) is 6.33. The summed E-state index contributed by atoms with van der Waals surface area (Å²) in [6.45, 7) is 0. The Kier molecular flexibility index (Phi) is 4.05. The summed E-state index contributed by atoms with van der Waals surface area (Å²) in [5.41, 5.74) is 5.03. The zero-order chi connectivity index (χ0) is 20.7. The van der Waals surface area contributed by atoms with E-state index in [9.17, 15) is 14.9 Å². The molecule has 0 aliphatic carbocycles. The summed E-state index contributed by atoms with van der Waals surface area (Å²) in [4.78, 5) is 0. The van der Waals surface area contributed by atoms with Gasteiger partial charge in [0.05, 0.1) is 34.3 Å². The number of halogens is 1. The number of benzene rings is 4.